The van der Waals surface area contributed by atoms with Crippen molar-refractivity contribution in [3.05, 3.63) is 11.3 Å². The molecule has 3 heteroatoms. The molecule has 11 heavy (non-hydrogen) atoms. The van der Waals surface area contributed by atoms with Crippen molar-refractivity contribution < 1.29 is 4.52 Å². The third-order valence-electron chi connectivity index (χ3n) is 1.74. The zero-order chi connectivity index (χ0) is 8.27. The molecule has 1 heterocycles. The fourth-order valence-corrected chi connectivity index (χ4v) is 1.17. The van der Waals surface area contributed by atoms with Crippen LogP contribution in [0.25, 0.3) is 0 Å². The summed E-state index contributed by atoms with van der Waals surface area (Å²) in [4.78, 5) is 0. The maximum absolute atomic E-state index is 5.55. The van der Waals surface area contributed by atoms with E-state index in [1.54, 1.807) is 0 Å². The smallest absolute Gasteiger partial charge is 0.225 e. The second-order valence-electron chi connectivity index (χ2n) is 2.58. The zero-order valence-corrected chi connectivity index (χ0v) is 7.05. The van der Waals surface area contributed by atoms with E-state index >= 15 is 0 Å². The van der Waals surface area contributed by atoms with Crippen molar-refractivity contribution in [1.29, 1.82) is 0 Å². The minimum Gasteiger partial charge on any atom is -0.367 e. The normalized spacial score (nSPS) is 10.4. The molecule has 0 spiro atoms. The molecule has 0 aliphatic rings. The number of aryl methyl sites for hydroxylation is 1. The van der Waals surface area contributed by atoms with Gasteiger partial charge < -0.3 is 10.3 Å². The molecular weight excluding hydrogens is 140 g/mol. The summed E-state index contributed by atoms with van der Waals surface area (Å²) in [5.41, 5.74) is 7.65. The van der Waals surface area contributed by atoms with Gasteiger partial charge in [0.15, 0.2) is 0 Å². The Labute approximate surface area is 66.6 Å². The predicted molar refractivity (Wildman–Crippen MR) is 44.3 cm³/mol. The molecule has 0 aliphatic heterocycles. The number of nitrogens with two attached hydrogens (primary N) is 1. The van der Waals surface area contributed by atoms with Crippen molar-refractivity contribution in [1.82, 2.24) is 5.16 Å². The number of hydrogen-bond donors (Lipinski definition) is 1. The molecule has 1 aromatic heterocycles. The summed E-state index contributed by atoms with van der Waals surface area (Å²) in [7, 11) is 0. The Morgan fingerprint density at radius 2 is 2.18 bits per heavy atom. The minimum absolute atomic E-state index is 0.482. The van der Waals surface area contributed by atoms with Crippen molar-refractivity contribution in [2.75, 3.05) is 5.73 Å². The standard InChI is InChI=1S/C8H14N2O/c1-3-5-7-6(4-2)8(9)11-10-7/h3-5,9H2,1-2H3. The lowest BCUT2D eigenvalue weighted by Gasteiger charge is -1.94. The quantitative estimate of drug-likeness (QED) is 0.721. The molecule has 0 unspecified atom stereocenters. The third kappa shape index (κ3) is 1.53. The summed E-state index contributed by atoms with van der Waals surface area (Å²) < 4.78 is 4.87. The van der Waals surface area contributed by atoms with E-state index in [1.165, 1.54) is 0 Å². The van der Waals surface area contributed by atoms with Crippen LogP contribution in [0.5, 0.6) is 0 Å². The molecule has 0 bridgehead atoms. The second kappa shape index (κ2) is 3.42. The Morgan fingerprint density at radius 3 is 2.73 bits per heavy atom. The van der Waals surface area contributed by atoms with Gasteiger partial charge in [-0.05, 0) is 12.8 Å². The first-order valence-electron chi connectivity index (χ1n) is 4.02. The average molecular weight is 154 g/mol. The van der Waals surface area contributed by atoms with Gasteiger partial charge in [0.2, 0.25) is 5.88 Å². The molecule has 3 nitrogen and oxygen atoms in total. The predicted octanol–water partition coefficient (Wildman–Crippen LogP) is 1.77. The topological polar surface area (TPSA) is 52.0 Å². The summed E-state index contributed by atoms with van der Waals surface area (Å²) in [6.45, 7) is 4.17. The number of aromatic nitrogens is 1. The van der Waals surface area contributed by atoms with E-state index < -0.39 is 0 Å². The fourth-order valence-electron chi connectivity index (χ4n) is 1.17. The summed E-state index contributed by atoms with van der Waals surface area (Å²) >= 11 is 0. The number of hydrogen-bond acceptors (Lipinski definition) is 3. The van der Waals surface area contributed by atoms with Crippen LogP contribution in [0.2, 0.25) is 0 Å². The monoisotopic (exact) mass is 154 g/mol. The molecule has 0 fully saturated rings. The Bertz CT molecular complexity index is 230. The van der Waals surface area contributed by atoms with Crippen LogP contribution in [0.15, 0.2) is 4.52 Å². The van der Waals surface area contributed by atoms with Crippen molar-refractivity contribution >= 4 is 5.88 Å². The Balaban J connectivity index is 2.86. The van der Waals surface area contributed by atoms with Crippen LogP contribution in [0.1, 0.15) is 31.5 Å². The lowest BCUT2D eigenvalue weighted by atomic mass is 10.1. The lowest BCUT2D eigenvalue weighted by Crippen LogP contribution is -1.92. The first kappa shape index (κ1) is 8.11. The molecule has 62 valence electrons. The van der Waals surface area contributed by atoms with Crippen LogP contribution in [-0.4, -0.2) is 5.16 Å². The highest BCUT2D eigenvalue weighted by molar-refractivity contribution is 5.38. The molecule has 0 aliphatic carbocycles. The Kier molecular flexibility index (Phi) is 2.52. The number of anilines is 1. The molecule has 0 atom stereocenters. The van der Waals surface area contributed by atoms with Crippen LogP contribution < -0.4 is 5.73 Å². The van der Waals surface area contributed by atoms with E-state index in [2.05, 4.69) is 19.0 Å². The van der Waals surface area contributed by atoms with Gasteiger partial charge in [-0.2, -0.15) is 0 Å². The van der Waals surface area contributed by atoms with E-state index in [-0.39, 0.29) is 0 Å². The summed E-state index contributed by atoms with van der Waals surface area (Å²) in [6, 6.07) is 0. The molecule has 0 aromatic carbocycles. The molecule has 1 aromatic rings. The highest BCUT2D eigenvalue weighted by Crippen LogP contribution is 2.17. The number of rotatable bonds is 3. The van der Waals surface area contributed by atoms with Crippen molar-refractivity contribution in [3.63, 3.8) is 0 Å². The van der Waals surface area contributed by atoms with Crippen LogP contribution in [0, 0.1) is 0 Å². The Morgan fingerprint density at radius 1 is 1.45 bits per heavy atom. The molecular formula is C8H14N2O. The van der Waals surface area contributed by atoms with E-state index in [4.69, 9.17) is 10.3 Å². The van der Waals surface area contributed by atoms with E-state index in [9.17, 15) is 0 Å². The molecule has 0 saturated heterocycles. The van der Waals surface area contributed by atoms with Crippen LogP contribution in [0.3, 0.4) is 0 Å². The lowest BCUT2D eigenvalue weighted by molar-refractivity contribution is 0.427. The van der Waals surface area contributed by atoms with Gasteiger partial charge in [-0.25, -0.2) is 0 Å². The number of nitrogens with zero attached hydrogens (tertiary/aromatic N) is 1. The van der Waals surface area contributed by atoms with Gasteiger partial charge in [0.1, 0.15) is 0 Å². The molecule has 0 radical (unpaired) electrons. The van der Waals surface area contributed by atoms with Gasteiger partial charge in [0.25, 0.3) is 0 Å². The van der Waals surface area contributed by atoms with Gasteiger partial charge in [0, 0.05) is 5.56 Å². The van der Waals surface area contributed by atoms with Crippen LogP contribution >= 0.6 is 0 Å². The third-order valence-corrected chi connectivity index (χ3v) is 1.74. The molecule has 0 saturated carbocycles. The maximum Gasteiger partial charge on any atom is 0.225 e. The fraction of sp³-hybridized carbons (Fsp3) is 0.625. The van der Waals surface area contributed by atoms with Crippen molar-refractivity contribution in [2.24, 2.45) is 0 Å². The first-order valence-corrected chi connectivity index (χ1v) is 4.02. The van der Waals surface area contributed by atoms with Gasteiger partial charge in [-0.1, -0.05) is 25.4 Å². The molecule has 2 N–H and O–H groups in total. The van der Waals surface area contributed by atoms with E-state index in [0.29, 0.717) is 5.88 Å². The van der Waals surface area contributed by atoms with Crippen LogP contribution in [0.4, 0.5) is 5.88 Å². The summed E-state index contributed by atoms with van der Waals surface area (Å²) in [5, 5.41) is 3.88. The summed E-state index contributed by atoms with van der Waals surface area (Å²) in [6.07, 6.45) is 2.95. The SMILES string of the molecule is CCCc1noc(N)c1CC. The molecule has 0 amide bonds. The van der Waals surface area contributed by atoms with Crippen molar-refractivity contribution in [3.8, 4) is 0 Å². The Hall–Kier alpha value is -0.990. The van der Waals surface area contributed by atoms with Gasteiger partial charge in [-0.15, -0.1) is 0 Å². The highest BCUT2D eigenvalue weighted by Gasteiger charge is 2.09. The zero-order valence-electron chi connectivity index (χ0n) is 7.05. The van der Waals surface area contributed by atoms with E-state index in [1.807, 2.05) is 0 Å². The summed E-state index contributed by atoms with van der Waals surface area (Å²) in [5.74, 6) is 0.482. The number of nitrogen functional groups attached to an aromatic ring is 1. The van der Waals surface area contributed by atoms with Gasteiger partial charge >= 0.3 is 0 Å². The largest absolute Gasteiger partial charge is 0.367 e. The van der Waals surface area contributed by atoms with E-state index in [0.717, 1.165) is 30.5 Å². The maximum atomic E-state index is 5.55. The molecule has 1 rings (SSSR count). The first-order chi connectivity index (χ1) is 5.29. The van der Waals surface area contributed by atoms with Gasteiger partial charge in [-0.3, -0.25) is 0 Å². The van der Waals surface area contributed by atoms with Crippen molar-refractivity contribution in [2.45, 2.75) is 33.1 Å². The van der Waals surface area contributed by atoms with Crippen LogP contribution in [-0.2, 0) is 12.8 Å². The minimum atomic E-state index is 0.482. The average Bonchev–Trinajstić information content (AvgIpc) is 2.33. The second-order valence-corrected chi connectivity index (χ2v) is 2.58. The highest BCUT2D eigenvalue weighted by atomic mass is 16.5. The van der Waals surface area contributed by atoms with Gasteiger partial charge in [0.05, 0.1) is 5.69 Å².